The molecule has 1 atom stereocenters. The van der Waals surface area contributed by atoms with Gasteiger partial charge in [0.1, 0.15) is 6.04 Å². The van der Waals surface area contributed by atoms with Crippen LogP contribution in [-0.2, 0) is 22.4 Å². The van der Waals surface area contributed by atoms with Gasteiger partial charge in [-0.3, -0.25) is 9.59 Å². The number of carbonyl (C=O) groups is 2. The lowest BCUT2D eigenvalue weighted by Crippen LogP contribution is -2.53. The molecule has 0 aromatic heterocycles. The molecule has 0 unspecified atom stereocenters. The fourth-order valence-electron chi connectivity index (χ4n) is 3.03. The van der Waals surface area contributed by atoms with E-state index in [-0.39, 0.29) is 17.4 Å². The third kappa shape index (κ3) is 6.84. The molecule has 150 valence electrons. The van der Waals surface area contributed by atoms with Crippen molar-refractivity contribution in [1.29, 1.82) is 0 Å². The Balaban J connectivity index is 2.14. The maximum absolute atomic E-state index is 13.1. The second-order valence-corrected chi connectivity index (χ2v) is 8.40. The molecular formula is C24H32N2O2. The highest BCUT2D eigenvalue weighted by Crippen LogP contribution is 2.12. The van der Waals surface area contributed by atoms with Gasteiger partial charge >= 0.3 is 0 Å². The summed E-state index contributed by atoms with van der Waals surface area (Å²) in [5.41, 5.74) is 2.94. The molecule has 2 amide bonds. The minimum atomic E-state index is -0.527. The number of carbonyl (C=O) groups excluding carboxylic acids is 2. The summed E-state index contributed by atoms with van der Waals surface area (Å²) in [6.45, 7) is 10.2. The molecule has 0 bridgehead atoms. The van der Waals surface area contributed by atoms with Crippen molar-refractivity contribution in [2.24, 2.45) is 0 Å². The second-order valence-electron chi connectivity index (χ2n) is 8.40. The third-order valence-corrected chi connectivity index (χ3v) is 4.63. The lowest BCUT2D eigenvalue weighted by Gasteiger charge is -2.31. The molecule has 2 aromatic rings. The molecule has 1 N–H and O–H groups in total. The monoisotopic (exact) mass is 380 g/mol. The maximum Gasteiger partial charge on any atom is 0.242 e. The second kappa shape index (κ2) is 9.54. The minimum absolute atomic E-state index is 0.0312. The van der Waals surface area contributed by atoms with E-state index in [0.29, 0.717) is 19.4 Å². The highest BCUT2D eigenvalue weighted by molar-refractivity contribution is 5.88. The molecule has 0 heterocycles. The molecule has 2 aromatic carbocycles. The largest absolute Gasteiger partial charge is 0.350 e. The van der Waals surface area contributed by atoms with Gasteiger partial charge in [-0.05, 0) is 52.2 Å². The summed E-state index contributed by atoms with van der Waals surface area (Å²) in [6.07, 6.45) is 1.01. The zero-order chi connectivity index (χ0) is 20.7. The minimum Gasteiger partial charge on any atom is -0.350 e. The number of benzene rings is 2. The van der Waals surface area contributed by atoms with Crippen molar-refractivity contribution in [2.75, 3.05) is 6.54 Å². The summed E-state index contributed by atoms with van der Waals surface area (Å²) in [5.74, 6) is -0.158. The number of nitrogens with one attached hydrogen (secondary N) is 1. The number of aryl methyl sites for hydroxylation is 1. The van der Waals surface area contributed by atoms with Crippen LogP contribution in [0.5, 0.6) is 0 Å². The molecule has 0 saturated carbocycles. The molecule has 0 spiro atoms. The van der Waals surface area contributed by atoms with Gasteiger partial charge in [-0.15, -0.1) is 0 Å². The average molecular weight is 381 g/mol. The fourth-order valence-corrected chi connectivity index (χ4v) is 3.03. The van der Waals surface area contributed by atoms with Crippen LogP contribution in [0.4, 0.5) is 0 Å². The summed E-state index contributed by atoms with van der Waals surface area (Å²) in [5, 5.41) is 2.99. The van der Waals surface area contributed by atoms with Crippen molar-refractivity contribution in [3.05, 3.63) is 71.3 Å². The molecule has 0 radical (unpaired) electrons. The highest BCUT2D eigenvalue weighted by atomic mass is 16.2. The van der Waals surface area contributed by atoms with Crippen LogP contribution < -0.4 is 5.32 Å². The smallest absolute Gasteiger partial charge is 0.242 e. The predicted molar refractivity (Wildman–Crippen MR) is 114 cm³/mol. The molecule has 0 fully saturated rings. The van der Waals surface area contributed by atoms with Gasteiger partial charge in [-0.1, -0.05) is 60.2 Å². The van der Waals surface area contributed by atoms with Crippen molar-refractivity contribution < 1.29 is 9.59 Å². The van der Waals surface area contributed by atoms with Gasteiger partial charge in [0.15, 0.2) is 0 Å². The Hall–Kier alpha value is -2.62. The Morgan fingerprint density at radius 2 is 1.57 bits per heavy atom. The summed E-state index contributed by atoms with van der Waals surface area (Å²) in [6, 6.07) is 17.5. The molecular weight excluding hydrogens is 348 g/mol. The predicted octanol–water partition coefficient (Wildman–Crippen LogP) is 3.91. The Kier molecular flexibility index (Phi) is 7.38. The van der Waals surface area contributed by atoms with Crippen LogP contribution in [0.15, 0.2) is 54.6 Å². The van der Waals surface area contributed by atoms with Crippen molar-refractivity contribution >= 4 is 11.8 Å². The summed E-state index contributed by atoms with van der Waals surface area (Å²) >= 11 is 0. The van der Waals surface area contributed by atoms with E-state index in [1.54, 1.807) is 11.8 Å². The molecule has 0 saturated heterocycles. The van der Waals surface area contributed by atoms with E-state index in [2.05, 4.69) is 5.32 Å². The van der Waals surface area contributed by atoms with E-state index in [4.69, 9.17) is 0 Å². The zero-order valence-electron chi connectivity index (χ0n) is 17.7. The quantitative estimate of drug-likeness (QED) is 0.792. The van der Waals surface area contributed by atoms with Crippen LogP contribution in [0.25, 0.3) is 0 Å². The van der Waals surface area contributed by atoms with E-state index in [1.807, 2.05) is 82.3 Å². The SMILES string of the molecule is Cc1ccc(CC(=O)N(CCc2ccccc2)[C@H](C)C(=O)NC(C)(C)C)cc1. The zero-order valence-corrected chi connectivity index (χ0v) is 17.7. The van der Waals surface area contributed by atoms with Crippen LogP contribution in [0.1, 0.15) is 44.4 Å². The van der Waals surface area contributed by atoms with Crippen LogP contribution in [-0.4, -0.2) is 34.8 Å². The molecule has 0 aliphatic carbocycles. The first kappa shape index (κ1) is 21.7. The normalized spacial score (nSPS) is 12.3. The molecule has 4 nitrogen and oxygen atoms in total. The number of rotatable bonds is 7. The van der Waals surface area contributed by atoms with E-state index in [0.717, 1.165) is 16.7 Å². The Bertz CT molecular complexity index is 777. The van der Waals surface area contributed by atoms with Crippen LogP contribution in [0.2, 0.25) is 0 Å². The van der Waals surface area contributed by atoms with Crippen molar-refractivity contribution in [3.63, 3.8) is 0 Å². The summed E-state index contributed by atoms with van der Waals surface area (Å²) in [7, 11) is 0. The van der Waals surface area contributed by atoms with E-state index < -0.39 is 6.04 Å². The number of hydrogen-bond acceptors (Lipinski definition) is 2. The van der Waals surface area contributed by atoms with Gasteiger partial charge in [0.25, 0.3) is 0 Å². The van der Waals surface area contributed by atoms with Gasteiger partial charge < -0.3 is 10.2 Å². The standard InChI is InChI=1S/C24H32N2O2/c1-18-11-13-21(14-12-18)17-22(27)26(16-15-20-9-7-6-8-10-20)19(2)23(28)25-24(3,4)5/h6-14,19H,15-17H2,1-5H3,(H,25,28)/t19-/m1/s1. The van der Waals surface area contributed by atoms with Gasteiger partial charge in [0, 0.05) is 12.1 Å². The highest BCUT2D eigenvalue weighted by Gasteiger charge is 2.28. The molecule has 2 rings (SSSR count). The first-order chi connectivity index (χ1) is 13.2. The fraction of sp³-hybridized carbons (Fsp3) is 0.417. The Morgan fingerprint density at radius 3 is 2.14 bits per heavy atom. The number of amides is 2. The Morgan fingerprint density at radius 1 is 0.964 bits per heavy atom. The average Bonchev–Trinajstić information content (AvgIpc) is 2.63. The van der Waals surface area contributed by atoms with Crippen molar-refractivity contribution in [1.82, 2.24) is 10.2 Å². The van der Waals surface area contributed by atoms with E-state index >= 15 is 0 Å². The van der Waals surface area contributed by atoms with Crippen molar-refractivity contribution in [2.45, 2.75) is 59.0 Å². The maximum atomic E-state index is 13.1. The Labute approximate surface area is 169 Å². The topological polar surface area (TPSA) is 49.4 Å². The lowest BCUT2D eigenvalue weighted by atomic mass is 10.1. The molecule has 4 heteroatoms. The van der Waals surface area contributed by atoms with Gasteiger partial charge in [-0.2, -0.15) is 0 Å². The van der Waals surface area contributed by atoms with Crippen LogP contribution in [0, 0.1) is 6.92 Å². The molecule has 0 aliphatic heterocycles. The van der Waals surface area contributed by atoms with Gasteiger partial charge in [0.2, 0.25) is 11.8 Å². The third-order valence-electron chi connectivity index (χ3n) is 4.63. The van der Waals surface area contributed by atoms with Gasteiger partial charge in [-0.25, -0.2) is 0 Å². The van der Waals surface area contributed by atoms with Crippen molar-refractivity contribution in [3.8, 4) is 0 Å². The first-order valence-corrected chi connectivity index (χ1v) is 9.87. The molecule has 28 heavy (non-hydrogen) atoms. The number of nitrogens with zero attached hydrogens (tertiary/aromatic N) is 1. The lowest BCUT2D eigenvalue weighted by molar-refractivity contribution is -0.140. The van der Waals surface area contributed by atoms with Crippen LogP contribution in [0.3, 0.4) is 0 Å². The van der Waals surface area contributed by atoms with E-state index in [9.17, 15) is 9.59 Å². The molecule has 0 aliphatic rings. The van der Waals surface area contributed by atoms with Crippen LogP contribution >= 0.6 is 0 Å². The van der Waals surface area contributed by atoms with E-state index in [1.165, 1.54) is 0 Å². The summed E-state index contributed by atoms with van der Waals surface area (Å²) in [4.78, 5) is 27.5. The summed E-state index contributed by atoms with van der Waals surface area (Å²) < 4.78 is 0. The first-order valence-electron chi connectivity index (χ1n) is 9.87. The number of hydrogen-bond donors (Lipinski definition) is 1. The van der Waals surface area contributed by atoms with Gasteiger partial charge in [0.05, 0.1) is 6.42 Å².